The third-order valence-corrected chi connectivity index (χ3v) is 3.69. The SMILES string of the molecule is CC1CCC(N(C)C2CCOC2)CN1. The third kappa shape index (κ3) is 2.27. The van der Waals surface area contributed by atoms with Crippen molar-refractivity contribution < 1.29 is 4.74 Å². The molecule has 0 radical (unpaired) electrons. The highest BCUT2D eigenvalue weighted by atomic mass is 16.5. The number of likely N-dealkylation sites (N-methyl/N-ethyl adjacent to an activating group) is 1. The molecule has 0 spiro atoms. The first-order chi connectivity index (χ1) is 6.77. The average molecular weight is 198 g/mol. The lowest BCUT2D eigenvalue weighted by Crippen LogP contribution is -2.50. The van der Waals surface area contributed by atoms with Gasteiger partial charge in [-0.1, -0.05) is 0 Å². The molecule has 0 bridgehead atoms. The summed E-state index contributed by atoms with van der Waals surface area (Å²) in [5.41, 5.74) is 0. The zero-order valence-electron chi connectivity index (χ0n) is 9.33. The summed E-state index contributed by atoms with van der Waals surface area (Å²) in [7, 11) is 2.25. The number of nitrogens with zero attached hydrogens (tertiary/aromatic N) is 1. The molecule has 0 aliphatic carbocycles. The molecule has 2 heterocycles. The van der Waals surface area contributed by atoms with Crippen LogP contribution in [-0.2, 0) is 4.74 Å². The minimum atomic E-state index is 0.662. The van der Waals surface area contributed by atoms with Gasteiger partial charge in [-0.25, -0.2) is 0 Å². The summed E-state index contributed by atoms with van der Waals surface area (Å²) < 4.78 is 5.43. The molecule has 2 rings (SSSR count). The van der Waals surface area contributed by atoms with Gasteiger partial charge in [0, 0.05) is 31.3 Å². The fraction of sp³-hybridized carbons (Fsp3) is 1.00. The van der Waals surface area contributed by atoms with Gasteiger partial charge in [0.25, 0.3) is 0 Å². The van der Waals surface area contributed by atoms with Gasteiger partial charge in [-0.05, 0) is 33.2 Å². The number of hydrogen-bond acceptors (Lipinski definition) is 3. The first-order valence-corrected chi connectivity index (χ1v) is 5.80. The maximum absolute atomic E-state index is 5.43. The van der Waals surface area contributed by atoms with Gasteiger partial charge < -0.3 is 10.1 Å². The van der Waals surface area contributed by atoms with Gasteiger partial charge in [-0.3, -0.25) is 4.90 Å². The Morgan fingerprint density at radius 3 is 2.64 bits per heavy atom. The Balaban J connectivity index is 1.82. The molecule has 2 aliphatic heterocycles. The lowest BCUT2D eigenvalue weighted by Gasteiger charge is -2.37. The fourth-order valence-electron chi connectivity index (χ4n) is 2.47. The van der Waals surface area contributed by atoms with E-state index in [2.05, 4.69) is 24.2 Å². The lowest BCUT2D eigenvalue weighted by atomic mass is 9.99. The van der Waals surface area contributed by atoms with Gasteiger partial charge in [0.2, 0.25) is 0 Å². The molecule has 2 aliphatic rings. The van der Waals surface area contributed by atoms with E-state index in [1.54, 1.807) is 0 Å². The van der Waals surface area contributed by atoms with Crippen molar-refractivity contribution in [3.63, 3.8) is 0 Å². The maximum atomic E-state index is 5.43. The van der Waals surface area contributed by atoms with Crippen LogP contribution >= 0.6 is 0 Å². The Bertz CT molecular complexity index is 172. The smallest absolute Gasteiger partial charge is 0.0622 e. The van der Waals surface area contributed by atoms with Crippen molar-refractivity contribution >= 4 is 0 Å². The summed E-state index contributed by atoms with van der Waals surface area (Å²) in [5.74, 6) is 0. The molecule has 0 aromatic rings. The molecule has 82 valence electrons. The highest BCUT2D eigenvalue weighted by molar-refractivity contribution is 4.85. The number of nitrogens with one attached hydrogen (secondary N) is 1. The second kappa shape index (κ2) is 4.60. The molecular formula is C11H22N2O. The zero-order chi connectivity index (χ0) is 9.97. The van der Waals surface area contributed by atoms with E-state index in [1.165, 1.54) is 19.3 Å². The molecule has 3 atom stereocenters. The predicted molar refractivity (Wildman–Crippen MR) is 57.5 cm³/mol. The maximum Gasteiger partial charge on any atom is 0.0622 e. The Kier molecular flexibility index (Phi) is 3.42. The molecule has 2 fully saturated rings. The normalized spacial score (nSPS) is 39.2. The van der Waals surface area contributed by atoms with Crippen LogP contribution in [0, 0.1) is 0 Å². The van der Waals surface area contributed by atoms with E-state index in [1.807, 2.05) is 0 Å². The predicted octanol–water partition coefficient (Wildman–Crippen LogP) is 0.848. The van der Waals surface area contributed by atoms with E-state index >= 15 is 0 Å². The number of rotatable bonds is 2. The first kappa shape index (κ1) is 10.4. The Morgan fingerprint density at radius 1 is 1.21 bits per heavy atom. The van der Waals surface area contributed by atoms with Gasteiger partial charge in [-0.2, -0.15) is 0 Å². The molecule has 0 aromatic heterocycles. The highest BCUT2D eigenvalue weighted by Crippen LogP contribution is 2.18. The van der Waals surface area contributed by atoms with Gasteiger partial charge in [-0.15, -0.1) is 0 Å². The summed E-state index contributed by atoms with van der Waals surface area (Å²) in [5, 5.41) is 3.55. The van der Waals surface area contributed by atoms with Gasteiger partial charge in [0.15, 0.2) is 0 Å². The molecule has 2 saturated heterocycles. The van der Waals surface area contributed by atoms with Gasteiger partial charge >= 0.3 is 0 Å². The Labute approximate surface area is 86.8 Å². The summed E-state index contributed by atoms with van der Waals surface area (Å²) in [4.78, 5) is 2.52. The van der Waals surface area contributed by atoms with Crippen LogP contribution in [0.2, 0.25) is 0 Å². The van der Waals surface area contributed by atoms with Crippen LogP contribution < -0.4 is 5.32 Å². The molecule has 0 aromatic carbocycles. The number of ether oxygens (including phenoxy) is 1. The van der Waals surface area contributed by atoms with Crippen molar-refractivity contribution in [3.8, 4) is 0 Å². The summed E-state index contributed by atoms with van der Waals surface area (Å²) in [6.45, 7) is 5.30. The first-order valence-electron chi connectivity index (χ1n) is 5.80. The third-order valence-electron chi connectivity index (χ3n) is 3.69. The Hall–Kier alpha value is -0.120. The minimum Gasteiger partial charge on any atom is -0.380 e. The summed E-state index contributed by atoms with van der Waals surface area (Å²) >= 11 is 0. The molecule has 3 heteroatoms. The molecule has 14 heavy (non-hydrogen) atoms. The monoisotopic (exact) mass is 198 g/mol. The molecular weight excluding hydrogens is 176 g/mol. The van der Waals surface area contributed by atoms with Crippen molar-refractivity contribution in [2.45, 2.75) is 44.3 Å². The van der Waals surface area contributed by atoms with Crippen molar-refractivity contribution in [3.05, 3.63) is 0 Å². The molecule has 3 nitrogen and oxygen atoms in total. The highest BCUT2D eigenvalue weighted by Gasteiger charge is 2.28. The topological polar surface area (TPSA) is 24.5 Å². The molecule has 0 amide bonds. The second-order valence-corrected chi connectivity index (χ2v) is 4.72. The summed E-state index contributed by atoms with van der Waals surface area (Å²) in [6.07, 6.45) is 3.85. The quantitative estimate of drug-likeness (QED) is 0.712. The van der Waals surface area contributed by atoms with Gasteiger partial charge in [0.05, 0.1) is 6.61 Å². The van der Waals surface area contributed by atoms with E-state index in [0.29, 0.717) is 12.1 Å². The van der Waals surface area contributed by atoms with Crippen molar-refractivity contribution in [2.75, 3.05) is 26.8 Å². The summed E-state index contributed by atoms with van der Waals surface area (Å²) in [6, 6.07) is 2.09. The van der Waals surface area contributed by atoms with Crippen LogP contribution in [0.25, 0.3) is 0 Å². The van der Waals surface area contributed by atoms with Crippen LogP contribution in [0.5, 0.6) is 0 Å². The largest absolute Gasteiger partial charge is 0.380 e. The lowest BCUT2D eigenvalue weighted by molar-refractivity contribution is 0.113. The standard InChI is InChI=1S/C11H22N2O/c1-9-3-4-10(7-12-9)13(2)11-5-6-14-8-11/h9-12H,3-8H2,1-2H3. The molecule has 3 unspecified atom stereocenters. The number of hydrogen-bond donors (Lipinski definition) is 1. The number of piperidine rings is 1. The van der Waals surface area contributed by atoms with Crippen LogP contribution in [-0.4, -0.2) is 49.8 Å². The van der Waals surface area contributed by atoms with E-state index in [-0.39, 0.29) is 0 Å². The van der Waals surface area contributed by atoms with Gasteiger partial charge in [0.1, 0.15) is 0 Å². The Morgan fingerprint density at radius 2 is 2.07 bits per heavy atom. The second-order valence-electron chi connectivity index (χ2n) is 4.72. The van der Waals surface area contributed by atoms with Crippen LogP contribution in [0.1, 0.15) is 26.2 Å². The van der Waals surface area contributed by atoms with Crippen LogP contribution in [0.4, 0.5) is 0 Å². The minimum absolute atomic E-state index is 0.662. The van der Waals surface area contributed by atoms with Crippen LogP contribution in [0.15, 0.2) is 0 Å². The van der Waals surface area contributed by atoms with E-state index < -0.39 is 0 Å². The molecule has 1 N–H and O–H groups in total. The van der Waals surface area contributed by atoms with Crippen LogP contribution in [0.3, 0.4) is 0 Å². The fourth-order valence-corrected chi connectivity index (χ4v) is 2.47. The van der Waals surface area contributed by atoms with Crippen molar-refractivity contribution in [1.29, 1.82) is 0 Å². The van der Waals surface area contributed by atoms with Crippen molar-refractivity contribution in [1.82, 2.24) is 10.2 Å². The van der Waals surface area contributed by atoms with E-state index in [0.717, 1.165) is 25.8 Å². The van der Waals surface area contributed by atoms with Crippen molar-refractivity contribution in [2.24, 2.45) is 0 Å². The molecule has 0 saturated carbocycles. The zero-order valence-corrected chi connectivity index (χ0v) is 9.33. The average Bonchev–Trinajstić information content (AvgIpc) is 2.71. The van der Waals surface area contributed by atoms with E-state index in [4.69, 9.17) is 4.74 Å². The van der Waals surface area contributed by atoms with E-state index in [9.17, 15) is 0 Å².